The fourth-order valence-corrected chi connectivity index (χ4v) is 6.86. The Morgan fingerprint density at radius 3 is 2.13 bits per heavy atom. The molecule has 2 atom stereocenters. The van der Waals surface area contributed by atoms with Gasteiger partial charge in [0, 0.05) is 24.0 Å². The van der Waals surface area contributed by atoms with Crippen LogP contribution < -0.4 is 9.62 Å². The molecule has 2 unspecified atom stereocenters. The lowest BCUT2D eigenvalue weighted by Crippen LogP contribution is -2.54. The Bertz CT molecular complexity index is 1760. The van der Waals surface area contributed by atoms with Gasteiger partial charge in [0.15, 0.2) is 0 Å². The molecule has 0 radical (unpaired) electrons. The molecule has 1 N–H and O–H groups in total. The van der Waals surface area contributed by atoms with Crippen LogP contribution in [0.15, 0.2) is 102 Å². The molecule has 0 bridgehead atoms. The van der Waals surface area contributed by atoms with Crippen LogP contribution in [0.2, 0.25) is 5.02 Å². The van der Waals surface area contributed by atoms with Crippen molar-refractivity contribution in [1.29, 1.82) is 0 Å². The zero-order valence-electron chi connectivity index (χ0n) is 27.0. The number of carbonyl (C=O) groups excluding carboxylic acids is 2. The van der Waals surface area contributed by atoms with E-state index in [9.17, 15) is 18.0 Å². The van der Waals surface area contributed by atoms with E-state index >= 15 is 0 Å². The van der Waals surface area contributed by atoms with E-state index in [4.69, 9.17) is 11.6 Å². The quantitative estimate of drug-likeness (QED) is 0.167. The van der Waals surface area contributed by atoms with Crippen molar-refractivity contribution in [1.82, 2.24) is 10.2 Å². The molecule has 4 rings (SSSR count). The summed E-state index contributed by atoms with van der Waals surface area (Å²) in [4.78, 5) is 30.2. The first-order chi connectivity index (χ1) is 21.9. The van der Waals surface area contributed by atoms with E-state index in [1.165, 1.54) is 17.0 Å². The van der Waals surface area contributed by atoms with Gasteiger partial charge in [0.1, 0.15) is 12.6 Å². The number of amides is 2. The Balaban J connectivity index is 1.84. The van der Waals surface area contributed by atoms with Gasteiger partial charge in [-0.05, 0) is 75.1 Å². The topological polar surface area (TPSA) is 86.8 Å². The van der Waals surface area contributed by atoms with Gasteiger partial charge < -0.3 is 10.2 Å². The highest BCUT2D eigenvalue weighted by atomic mass is 35.5. The molecule has 0 spiro atoms. The van der Waals surface area contributed by atoms with E-state index in [2.05, 4.69) is 5.32 Å². The summed E-state index contributed by atoms with van der Waals surface area (Å²) in [5.41, 5.74) is 4.43. The van der Waals surface area contributed by atoms with Gasteiger partial charge in [-0.15, -0.1) is 0 Å². The summed E-state index contributed by atoms with van der Waals surface area (Å²) < 4.78 is 29.7. The Morgan fingerprint density at radius 1 is 0.826 bits per heavy atom. The third-order valence-corrected chi connectivity index (χ3v) is 10.3. The average Bonchev–Trinajstić information content (AvgIpc) is 3.03. The van der Waals surface area contributed by atoms with Gasteiger partial charge in [-0.1, -0.05) is 102 Å². The number of rotatable bonds is 13. The van der Waals surface area contributed by atoms with Gasteiger partial charge in [0.25, 0.3) is 10.0 Å². The van der Waals surface area contributed by atoms with Crippen LogP contribution in [0.25, 0.3) is 0 Å². The monoisotopic (exact) mass is 659 g/mol. The summed E-state index contributed by atoms with van der Waals surface area (Å²) >= 11 is 6.47. The highest BCUT2D eigenvalue weighted by Gasteiger charge is 2.35. The Labute approximate surface area is 278 Å². The number of benzene rings is 4. The van der Waals surface area contributed by atoms with Crippen molar-refractivity contribution in [2.24, 2.45) is 0 Å². The molecule has 0 aliphatic heterocycles. The first-order valence-electron chi connectivity index (χ1n) is 15.4. The summed E-state index contributed by atoms with van der Waals surface area (Å²) in [5, 5.41) is 3.44. The number of nitrogens with one attached hydrogen (secondary N) is 1. The predicted molar refractivity (Wildman–Crippen MR) is 185 cm³/mol. The molecule has 7 nitrogen and oxygen atoms in total. The van der Waals surface area contributed by atoms with Crippen molar-refractivity contribution in [3.63, 3.8) is 0 Å². The van der Waals surface area contributed by atoms with Gasteiger partial charge in [-0.25, -0.2) is 8.42 Å². The summed E-state index contributed by atoms with van der Waals surface area (Å²) in [7, 11) is -4.22. The number of anilines is 1. The second kappa shape index (κ2) is 15.4. The number of carbonyl (C=O) groups is 2. The second-order valence-electron chi connectivity index (χ2n) is 11.7. The van der Waals surface area contributed by atoms with Crippen LogP contribution in [0.4, 0.5) is 5.69 Å². The van der Waals surface area contributed by atoms with Crippen molar-refractivity contribution in [3.8, 4) is 0 Å². The van der Waals surface area contributed by atoms with Gasteiger partial charge in [-0.2, -0.15) is 0 Å². The minimum absolute atomic E-state index is 0.0471. The molecule has 4 aromatic carbocycles. The molecule has 0 saturated heterocycles. The lowest BCUT2D eigenvalue weighted by Gasteiger charge is -2.34. The minimum Gasteiger partial charge on any atom is -0.352 e. The minimum atomic E-state index is -4.22. The van der Waals surface area contributed by atoms with Crippen LogP contribution in [0.5, 0.6) is 0 Å². The summed E-state index contributed by atoms with van der Waals surface area (Å²) in [6.45, 7) is 9.03. The molecule has 4 aromatic rings. The number of hydrogen-bond donors (Lipinski definition) is 1. The molecule has 2 amide bonds. The molecule has 0 saturated carbocycles. The smallest absolute Gasteiger partial charge is 0.264 e. The molecule has 0 fully saturated rings. The number of halogens is 1. The molecular weight excluding hydrogens is 618 g/mol. The first-order valence-corrected chi connectivity index (χ1v) is 17.3. The Kier molecular flexibility index (Phi) is 11.7. The van der Waals surface area contributed by atoms with E-state index in [1.54, 1.807) is 37.3 Å². The zero-order valence-corrected chi connectivity index (χ0v) is 28.6. The van der Waals surface area contributed by atoms with Crippen molar-refractivity contribution in [2.45, 2.75) is 71.0 Å². The van der Waals surface area contributed by atoms with Crippen molar-refractivity contribution < 1.29 is 18.0 Å². The molecule has 46 heavy (non-hydrogen) atoms. The van der Waals surface area contributed by atoms with Crippen LogP contribution in [-0.4, -0.2) is 43.8 Å². The number of nitrogens with zero attached hydrogens (tertiary/aromatic N) is 2. The van der Waals surface area contributed by atoms with Crippen molar-refractivity contribution in [2.75, 3.05) is 10.8 Å². The summed E-state index contributed by atoms with van der Waals surface area (Å²) in [6, 6.07) is 27.7. The molecule has 0 aliphatic rings. The SMILES string of the molecule is CCC(C)NC(=O)C(Cc1ccccc1)N(Cc1cccc(C)c1)C(=O)CN(c1cccc(Cl)c1C)S(=O)(=O)c1ccc(C)cc1. The van der Waals surface area contributed by atoms with Gasteiger partial charge in [0.2, 0.25) is 11.8 Å². The third-order valence-electron chi connectivity index (χ3n) is 8.10. The van der Waals surface area contributed by atoms with Gasteiger partial charge in [0.05, 0.1) is 10.6 Å². The molecular formula is C37H42ClN3O4S. The summed E-state index contributed by atoms with van der Waals surface area (Å²) in [5.74, 6) is -0.817. The van der Waals surface area contributed by atoms with Crippen LogP contribution >= 0.6 is 11.6 Å². The third kappa shape index (κ3) is 8.56. The van der Waals surface area contributed by atoms with E-state index in [0.29, 0.717) is 22.7 Å². The normalized spacial score (nSPS) is 12.7. The Morgan fingerprint density at radius 2 is 1.48 bits per heavy atom. The van der Waals surface area contributed by atoms with Crippen LogP contribution in [0.3, 0.4) is 0 Å². The van der Waals surface area contributed by atoms with E-state index in [0.717, 1.165) is 26.6 Å². The van der Waals surface area contributed by atoms with Crippen LogP contribution in [0, 0.1) is 20.8 Å². The number of sulfonamides is 1. The average molecular weight is 660 g/mol. The molecule has 0 heterocycles. The highest BCUT2D eigenvalue weighted by molar-refractivity contribution is 7.92. The lowest BCUT2D eigenvalue weighted by molar-refractivity contribution is -0.140. The maximum absolute atomic E-state index is 14.6. The van der Waals surface area contributed by atoms with Crippen LogP contribution in [0.1, 0.15) is 48.1 Å². The molecule has 242 valence electrons. The predicted octanol–water partition coefficient (Wildman–Crippen LogP) is 7.02. The Hall–Kier alpha value is -4.14. The standard InChI is InChI=1S/C37H42ClN3O4S/c1-6-28(4)39-37(43)35(23-30-13-8-7-9-14-30)40(24-31-15-10-12-27(3)22-31)36(42)25-41(34-17-11-16-33(38)29(34)5)46(44,45)32-20-18-26(2)19-21-32/h7-22,28,35H,6,23-25H2,1-5H3,(H,39,43). The second-order valence-corrected chi connectivity index (χ2v) is 14.0. The molecule has 9 heteroatoms. The van der Waals surface area contributed by atoms with Gasteiger partial charge >= 0.3 is 0 Å². The maximum Gasteiger partial charge on any atom is 0.264 e. The van der Waals surface area contributed by atoms with Crippen molar-refractivity contribution in [3.05, 3.63) is 130 Å². The largest absolute Gasteiger partial charge is 0.352 e. The first kappa shape index (κ1) is 34.7. The van der Waals surface area contributed by atoms with Gasteiger partial charge in [-0.3, -0.25) is 13.9 Å². The van der Waals surface area contributed by atoms with Crippen LogP contribution in [-0.2, 0) is 32.6 Å². The lowest BCUT2D eigenvalue weighted by atomic mass is 10.0. The number of aryl methyl sites for hydroxylation is 2. The van der Waals surface area contributed by atoms with Crippen molar-refractivity contribution >= 4 is 39.1 Å². The van der Waals surface area contributed by atoms with E-state index in [-0.39, 0.29) is 29.8 Å². The fraction of sp³-hybridized carbons (Fsp3) is 0.297. The highest BCUT2D eigenvalue weighted by Crippen LogP contribution is 2.31. The van der Waals surface area contributed by atoms with E-state index in [1.807, 2.05) is 82.3 Å². The summed E-state index contributed by atoms with van der Waals surface area (Å²) in [6.07, 6.45) is 0.966. The maximum atomic E-state index is 14.6. The zero-order chi connectivity index (χ0) is 33.4. The fourth-order valence-electron chi connectivity index (χ4n) is 5.22. The molecule has 0 aromatic heterocycles. The molecule has 0 aliphatic carbocycles. The number of hydrogen-bond acceptors (Lipinski definition) is 4. The van der Waals surface area contributed by atoms with E-state index < -0.39 is 28.5 Å².